The van der Waals surface area contributed by atoms with Crippen LogP contribution in [0.5, 0.6) is 0 Å². The Morgan fingerprint density at radius 1 is 0.938 bits per heavy atom. The Morgan fingerprint density at radius 2 is 1.72 bits per heavy atom. The molecular formula is C26H19N3OS2. The predicted octanol–water partition coefficient (Wildman–Crippen LogP) is 6.51. The first-order chi connectivity index (χ1) is 15.8. The summed E-state index contributed by atoms with van der Waals surface area (Å²) in [6.07, 6.45) is 1.68. The van der Waals surface area contributed by atoms with Gasteiger partial charge in [0.2, 0.25) is 0 Å². The van der Waals surface area contributed by atoms with Gasteiger partial charge in [-0.25, -0.2) is 10.4 Å². The summed E-state index contributed by atoms with van der Waals surface area (Å²) in [5.74, 6) is 0.577. The Morgan fingerprint density at radius 3 is 2.59 bits per heavy atom. The molecule has 5 aromatic rings. The molecule has 1 heterocycles. The first-order valence-electron chi connectivity index (χ1n) is 10.1. The van der Waals surface area contributed by atoms with E-state index < -0.39 is 0 Å². The molecule has 32 heavy (non-hydrogen) atoms. The van der Waals surface area contributed by atoms with Crippen LogP contribution in [-0.2, 0) is 5.75 Å². The number of rotatable bonds is 6. The number of thioether (sulfide) groups is 1. The quantitative estimate of drug-likeness (QED) is 0.181. The number of thiazole rings is 1. The third kappa shape index (κ3) is 4.56. The maximum atomic E-state index is 12.5. The summed E-state index contributed by atoms with van der Waals surface area (Å²) in [6.45, 7) is 0. The van der Waals surface area contributed by atoms with Gasteiger partial charge in [0.15, 0.2) is 4.34 Å². The normalized spacial score (nSPS) is 11.4. The Bertz CT molecular complexity index is 1390. The molecule has 0 aliphatic rings. The molecule has 6 heteroatoms. The number of fused-ring (bicyclic) bond motifs is 2. The molecule has 0 atom stereocenters. The number of amides is 1. The highest BCUT2D eigenvalue weighted by atomic mass is 32.2. The van der Waals surface area contributed by atoms with Gasteiger partial charge in [0, 0.05) is 16.9 Å². The molecule has 0 radical (unpaired) electrons. The van der Waals surface area contributed by atoms with E-state index in [1.54, 1.807) is 29.3 Å². The lowest BCUT2D eigenvalue weighted by Gasteiger charge is -2.03. The Balaban J connectivity index is 1.19. The second-order valence-corrected chi connectivity index (χ2v) is 9.45. The zero-order valence-corrected chi connectivity index (χ0v) is 18.7. The van der Waals surface area contributed by atoms with Crippen molar-refractivity contribution in [1.29, 1.82) is 0 Å². The fourth-order valence-corrected chi connectivity index (χ4v) is 5.42. The van der Waals surface area contributed by atoms with Gasteiger partial charge in [-0.3, -0.25) is 4.79 Å². The SMILES string of the molecule is O=C(NN=Cc1cccc2ccccc12)c1ccc(CSc2nc3ccccc3s2)cc1. The molecule has 0 aliphatic heterocycles. The van der Waals surface area contributed by atoms with E-state index in [-0.39, 0.29) is 5.91 Å². The van der Waals surface area contributed by atoms with Gasteiger partial charge >= 0.3 is 0 Å². The minimum absolute atomic E-state index is 0.230. The number of hydrazone groups is 1. The molecule has 0 fully saturated rings. The van der Waals surface area contributed by atoms with Crippen molar-refractivity contribution in [3.05, 3.63) is 108 Å². The summed E-state index contributed by atoms with van der Waals surface area (Å²) in [4.78, 5) is 17.1. The van der Waals surface area contributed by atoms with E-state index in [1.165, 1.54) is 4.70 Å². The zero-order valence-electron chi connectivity index (χ0n) is 17.1. The first kappa shape index (κ1) is 20.4. The smallest absolute Gasteiger partial charge is 0.267 e. The Hall–Kier alpha value is -3.48. The van der Waals surface area contributed by atoms with Gasteiger partial charge in [-0.15, -0.1) is 11.3 Å². The van der Waals surface area contributed by atoms with Crippen molar-refractivity contribution >= 4 is 56.2 Å². The second kappa shape index (κ2) is 9.34. The van der Waals surface area contributed by atoms with Crippen molar-refractivity contribution in [3.63, 3.8) is 0 Å². The monoisotopic (exact) mass is 453 g/mol. The molecule has 0 aliphatic carbocycles. The van der Waals surface area contributed by atoms with Crippen LogP contribution in [0.1, 0.15) is 21.5 Å². The van der Waals surface area contributed by atoms with Crippen molar-refractivity contribution in [1.82, 2.24) is 10.4 Å². The molecule has 0 unspecified atom stereocenters. The van der Waals surface area contributed by atoms with Gasteiger partial charge < -0.3 is 0 Å². The summed E-state index contributed by atoms with van der Waals surface area (Å²) < 4.78 is 2.25. The van der Waals surface area contributed by atoms with E-state index in [1.807, 2.05) is 72.8 Å². The van der Waals surface area contributed by atoms with E-state index in [0.29, 0.717) is 5.56 Å². The van der Waals surface area contributed by atoms with E-state index in [0.717, 1.165) is 37.5 Å². The van der Waals surface area contributed by atoms with Crippen LogP contribution >= 0.6 is 23.1 Å². The molecule has 0 saturated heterocycles. The Labute approximate surface area is 194 Å². The predicted molar refractivity (Wildman–Crippen MR) is 135 cm³/mol. The number of nitrogens with one attached hydrogen (secondary N) is 1. The lowest BCUT2D eigenvalue weighted by molar-refractivity contribution is 0.0955. The fraction of sp³-hybridized carbons (Fsp3) is 0.0385. The second-order valence-electron chi connectivity index (χ2n) is 7.20. The van der Waals surface area contributed by atoms with Crippen molar-refractivity contribution in [3.8, 4) is 0 Å². The Kier molecular flexibility index (Phi) is 5.96. The maximum absolute atomic E-state index is 12.5. The summed E-state index contributed by atoms with van der Waals surface area (Å²) in [6, 6.07) is 29.9. The molecule has 0 spiro atoms. The minimum atomic E-state index is -0.230. The molecule has 4 nitrogen and oxygen atoms in total. The molecule has 5 rings (SSSR count). The average molecular weight is 454 g/mol. The zero-order chi connectivity index (χ0) is 21.8. The summed E-state index contributed by atoms with van der Waals surface area (Å²) in [5, 5.41) is 6.39. The van der Waals surface area contributed by atoms with Crippen LogP contribution in [0, 0.1) is 0 Å². The number of benzene rings is 4. The van der Waals surface area contributed by atoms with Crippen molar-refractivity contribution in [2.24, 2.45) is 5.10 Å². The lowest BCUT2D eigenvalue weighted by Crippen LogP contribution is -2.17. The van der Waals surface area contributed by atoms with Gasteiger partial charge in [-0.2, -0.15) is 5.10 Å². The molecule has 0 bridgehead atoms. The van der Waals surface area contributed by atoms with E-state index in [2.05, 4.69) is 33.7 Å². The highest BCUT2D eigenvalue weighted by Crippen LogP contribution is 2.31. The number of hydrogen-bond acceptors (Lipinski definition) is 5. The first-order valence-corrected chi connectivity index (χ1v) is 11.9. The molecule has 4 aromatic carbocycles. The van der Waals surface area contributed by atoms with Gasteiger partial charge in [-0.1, -0.05) is 78.5 Å². The number of hydrogen-bond donors (Lipinski definition) is 1. The molecular weight excluding hydrogens is 434 g/mol. The van der Waals surface area contributed by atoms with Crippen LogP contribution in [0.3, 0.4) is 0 Å². The third-order valence-electron chi connectivity index (χ3n) is 5.05. The van der Waals surface area contributed by atoms with Crippen molar-refractivity contribution in [2.75, 3.05) is 0 Å². The summed E-state index contributed by atoms with van der Waals surface area (Å²) in [5.41, 5.74) is 6.34. The molecule has 0 saturated carbocycles. The summed E-state index contributed by atoms with van der Waals surface area (Å²) >= 11 is 3.41. The number of aromatic nitrogens is 1. The number of carbonyl (C=O) groups is 1. The summed E-state index contributed by atoms with van der Waals surface area (Å²) in [7, 11) is 0. The molecule has 1 aromatic heterocycles. The largest absolute Gasteiger partial charge is 0.271 e. The number of nitrogens with zero attached hydrogens (tertiary/aromatic N) is 2. The molecule has 1 amide bonds. The number of carbonyl (C=O) groups excluding carboxylic acids is 1. The lowest BCUT2D eigenvalue weighted by atomic mass is 10.1. The van der Waals surface area contributed by atoms with Gasteiger partial charge in [-0.05, 0) is 40.6 Å². The van der Waals surface area contributed by atoms with E-state index in [4.69, 9.17) is 0 Å². The number of para-hydroxylation sites is 1. The van der Waals surface area contributed by atoms with Gasteiger partial charge in [0.25, 0.3) is 5.91 Å². The van der Waals surface area contributed by atoms with Crippen LogP contribution in [-0.4, -0.2) is 17.1 Å². The highest BCUT2D eigenvalue weighted by Gasteiger charge is 2.07. The van der Waals surface area contributed by atoms with Crippen LogP contribution in [0.2, 0.25) is 0 Å². The van der Waals surface area contributed by atoms with Crippen LogP contribution in [0.25, 0.3) is 21.0 Å². The fourth-order valence-electron chi connectivity index (χ4n) is 3.40. The van der Waals surface area contributed by atoms with Gasteiger partial charge in [0.1, 0.15) is 0 Å². The average Bonchev–Trinajstić information content (AvgIpc) is 3.26. The molecule has 1 N–H and O–H groups in total. The topological polar surface area (TPSA) is 54.4 Å². The van der Waals surface area contributed by atoms with E-state index in [9.17, 15) is 4.79 Å². The maximum Gasteiger partial charge on any atom is 0.271 e. The van der Waals surface area contributed by atoms with E-state index >= 15 is 0 Å². The minimum Gasteiger partial charge on any atom is -0.267 e. The standard InChI is InChI=1S/C26H19N3OS2/c30-25(29-27-16-21-8-5-7-19-6-1-2-9-22(19)21)20-14-12-18(13-15-20)17-31-26-28-23-10-3-4-11-24(23)32-26/h1-16H,17H2,(H,29,30). The van der Waals surface area contributed by atoms with Crippen LogP contribution < -0.4 is 5.43 Å². The molecule has 156 valence electrons. The van der Waals surface area contributed by atoms with Crippen LogP contribution in [0.4, 0.5) is 0 Å². The van der Waals surface area contributed by atoms with Crippen molar-refractivity contribution in [2.45, 2.75) is 10.1 Å². The van der Waals surface area contributed by atoms with Crippen LogP contribution in [0.15, 0.2) is 100 Å². The van der Waals surface area contributed by atoms with Gasteiger partial charge in [0.05, 0.1) is 16.4 Å². The van der Waals surface area contributed by atoms with Crippen molar-refractivity contribution < 1.29 is 4.79 Å². The third-order valence-corrected chi connectivity index (χ3v) is 7.30. The highest BCUT2D eigenvalue weighted by molar-refractivity contribution is 8.00.